The zero-order valence-corrected chi connectivity index (χ0v) is 12.1. The lowest BCUT2D eigenvalue weighted by atomic mass is 10.0. The van der Waals surface area contributed by atoms with Gasteiger partial charge in [-0.05, 0) is 23.8 Å². The third-order valence-electron chi connectivity index (χ3n) is 3.23. The number of alkyl halides is 3. The molecule has 0 saturated heterocycles. The number of halogens is 4. The molecule has 2 aromatic rings. The minimum Gasteiger partial charge on any atom is -0.368 e. The first-order valence-electron chi connectivity index (χ1n) is 6.72. The van der Waals surface area contributed by atoms with Crippen LogP contribution >= 0.6 is 0 Å². The van der Waals surface area contributed by atoms with Crippen LogP contribution in [0.5, 0.6) is 0 Å². The van der Waals surface area contributed by atoms with Crippen LogP contribution in [0.2, 0.25) is 0 Å². The second-order valence-corrected chi connectivity index (χ2v) is 4.91. The van der Waals surface area contributed by atoms with E-state index in [4.69, 9.17) is 5.73 Å². The van der Waals surface area contributed by atoms with Crippen molar-refractivity contribution in [2.24, 2.45) is 5.73 Å². The van der Waals surface area contributed by atoms with Crippen molar-refractivity contribution in [3.63, 3.8) is 0 Å². The van der Waals surface area contributed by atoms with Gasteiger partial charge in [-0.3, -0.25) is 9.59 Å². The van der Waals surface area contributed by atoms with Crippen LogP contribution in [0.4, 0.5) is 17.6 Å². The molecule has 4 nitrogen and oxygen atoms in total. The van der Waals surface area contributed by atoms with Crippen molar-refractivity contribution in [2.75, 3.05) is 0 Å². The largest absolute Gasteiger partial charge is 0.419 e. The van der Waals surface area contributed by atoms with E-state index in [9.17, 15) is 27.2 Å². The molecule has 3 N–H and O–H groups in total. The van der Waals surface area contributed by atoms with Gasteiger partial charge < -0.3 is 11.1 Å². The Hall–Kier alpha value is -2.90. The Balaban J connectivity index is 2.30. The van der Waals surface area contributed by atoms with E-state index in [0.29, 0.717) is 17.7 Å². The molecule has 0 aromatic heterocycles. The molecule has 0 aliphatic heterocycles. The van der Waals surface area contributed by atoms with Gasteiger partial charge in [-0.25, -0.2) is 4.39 Å². The van der Waals surface area contributed by atoms with E-state index in [-0.39, 0.29) is 0 Å². The topological polar surface area (TPSA) is 72.2 Å². The van der Waals surface area contributed by atoms with E-state index in [1.165, 1.54) is 12.1 Å². The number of carbonyl (C=O) groups is 2. The minimum absolute atomic E-state index is 0.372. The fourth-order valence-corrected chi connectivity index (χ4v) is 2.06. The fourth-order valence-electron chi connectivity index (χ4n) is 2.06. The number of amides is 2. The first-order valence-corrected chi connectivity index (χ1v) is 6.72. The quantitative estimate of drug-likeness (QED) is 0.840. The first-order chi connectivity index (χ1) is 11.2. The van der Waals surface area contributed by atoms with Crippen LogP contribution in [-0.2, 0) is 11.0 Å². The molecule has 0 aliphatic rings. The predicted molar refractivity (Wildman–Crippen MR) is 77.2 cm³/mol. The second-order valence-electron chi connectivity index (χ2n) is 4.91. The summed E-state index contributed by atoms with van der Waals surface area (Å²) >= 11 is 0. The Bertz CT molecular complexity index is 760. The second kappa shape index (κ2) is 6.69. The lowest BCUT2D eigenvalue weighted by Gasteiger charge is -2.16. The van der Waals surface area contributed by atoms with Crippen LogP contribution < -0.4 is 11.1 Å². The molecule has 2 rings (SSSR count). The highest BCUT2D eigenvalue weighted by Gasteiger charge is 2.35. The average Bonchev–Trinajstić information content (AvgIpc) is 2.52. The highest BCUT2D eigenvalue weighted by atomic mass is 19.4. The molecule has 0 radical (unpaired) electrons. The summed E-state index contributed by atoms with van der Waals surface area (Å²) in [5, 5.41) is 2.24. The maximum Gasteiger partial charge on any atom is 0.419 e. The summed E-state index contributed by atoms with van der Waals surface area (Å²) in [6.45, 7) is 0. The van der Waals surface area contributed by atoms with Crippen molar-refractivity contribution in [1.29, 1.82) is 0 Å². The van der Waals surface area contributed by atoms with Gasteiger partial charge in [0.2, 0.25) is 5.91 Å². The van der Waals surface area contributed by atoms with Gasteiger partial charge in [-0.15, -0.1) is 0 Å². The first kappa shape index (κ1) is 17.5. The van der Waals surface area contributed by atoms with Crippen molar-refractivity contribution in [3.05, 3.63) is 71.0 Å². The van der Waals surface area contributed by atoms with Gasteiger partial charge in [0.1, 0.15) is 11.9 Å². The van der Waals surface area contributed by atoms with Crippen LogP contribution in [0, 0.1) is 5.82 Å². The van der Waals surface area contributed by atoms with Gasteiger partial charge in [-0.1, -0.05) is 30.3 Å². The predicted octanol–water partition coefficient (Wildman–Crippen LogP) is 2.80. The third-order valence-corrected chi connectivity index (χ3v) is 3.23. The molecule has 0 heterocycles. The maximum atomic E-state index is 13.3. The summed E-state index contributed by atoms with van der Waals surface area (Å²) in [5.74, 6) is -3.35. The summed E-state index contributed by atoms with van der Waals surface area (Å²) in [7, 11) is 0. The van der Waals surface area contributed by atoms with Gasteiger partial charge in [-0.2, -0.15) is 13.2 Å². The van der Waals surface area contributed by atoms with Crippen LogP contribution in [0.25, 0.3) is 0 Å². The Labute approximate surface area is 134 Å². The van der Waals surface area contributed by atoms with Crippen molar-refractivity contribution < 1.29 is 27.2 Å². The van der Waals surface area contributed by atoms with E-state index < -0.39 is 41.0 Å². The zero-order chi connectivity index (χ0) is 17.9. The van der Waals surface area contributed by atoms with Crippen molar-refractivity contribution >= 4 is 11.8 Å². The minimum atomic E-state index is -4.94. The molecule has 0 saturated carbocycles. The number of benzene rings is 2. The van der Waals surface area contributed by atoms with E-state index in [0.717, 1.165) is 6.07 Å². The molecular formula is C16H12F4N2O2. The van der Waals surface area contributed by atoms with E-state index in [1.54, 1.807) is 18.2 Å². The molecule has 126 valence electrons. The van der Waals surface area contributed by atoms with Crippen molar-refractivity contribution in [1.82, 2.24) is 5.32 Å². The fraction of sp³-hybridized carbons (Fsp3) is 0.125. The van der Waals surface area contributed by atoms with Gasteiger partial charge >= 0.3 is 6.18 Å². The molecule has 0 aliphatic carbocycles. The Kier molecular flexibility index (Phi) is 4.87. The third kappa shape index (κ3) is 3.89. The van der Waals surface area contributed by atoms with Crippen LogP contribution in [0.3, 0.4) is 0 Å². The average molecular weight is 340 g/mol. The lowest BCUT2D eigenvalue weighted by Crippen LogP contribution is -2.37. The van der Waals surface area contributed by atoms with Crippen molar-refractivity contribution in [2.45, 2.75) is 12.2 Å². The Morgan fingerprint density at radius 1 is 1.04 bits per heavy atom. The SMILES string of the molecule is NC(=O)[C@H](NC(=O)c1ccc(F)c(C(F)(F)F)c1)c1ccccc1. The van der Waals surface area contributed by atoms with E-state index in [2.05, 4.69) is 5.32 Å². The summed E-state index contributed by atoms with van der Waals surface area (Å²) in [6, 6.07) is 8.55. The molecule has 0 bridgehead atoms. The lowest BCUT2D eigenvalue weighted by molar-refractivity contribution is -0.140. The van der Waals surface area contributed by atoms with Crippen molar-refractivity contribution in [3.8, 4) is 0 Å². The Morgan fingerprint density at radius 2 is 1.67 bits per heavy atom. The molecular weight excluding hydrogens is 328 g/mol. The molecule has 0 spiro atoms. The molecule has 24 heavy (non-hydrogen) atoms. The summed E-state index contributed by atoms with van der Waals surface area (Å²) in [4.78, 5) is 23.6. The number of carbonyl (C=O) groups excluding carboxylic acids is 2. The van der Waals surface area contributed by atoms with Gasteiger partial charge in [0, 0.05) is 5.56 Å². The number of nitrogens with two attached hydrogens (primary N) is 1. The number of hydrogen-bond acceptors (Lipinski definition) is 2. The summed E-state index contributed by atoms with van der Waals surface area (Å²) < 4.78 is 51.4. The normalized spacial score (nSPS) is 12.5. The van der Waals surface area contributed by atoms with Gasteiger partial charge in [0.25, 0.3) is 5.91 Å². The molecule has 0 unspecified atom stereocenters. The standard InChI is InChI=1S/C16H12F4N2O2/c17-12-7-6-10(8-11(12)16(18,19)20)15(24)22-13(14(21)23)9-4-2-1-3-5-9/h1-8,13H,(H2,21,23)(H,22,24)/t13-/m1/s1. The molecule has 8 heteroatoms. The molecule has 2 amide bonds. The molecule has 2 aromatic carbocycles. The maximum absolute atomic E-state index is 13.3. The number of hydrogen-bond donors (Lipinski definition) is 2. The Morgan fingerprint density at radius 3 is 2.21 bits per heavy atom. The molecule has 0 fully saturated rings. The smallest absolute Gasteiger partial charge is 0.368 e. The number of rotatable bonds is 4. The van der Waals surface area contributed by atoms with Gasteiger partial charge in [0.05, 0.1) is 5.56 Å². The van der Waals surface area contributed by atoms with Crippen LogP contribution in [0.15, 0.2) is 48.5 Å². The summed E-state index contributed by atoms with van der Waals surface area (Å²) in [5.41, 5.74) is 3.59. The molecule has 1 atom stereocenters. The highest BCUT2D eigenvalue weighted by Crippen LogP contribution is 2.32. The van der Waals surface area contributed by atoms with E-state index >= 15 is 0 Å². The highest BCUT2D eigenvalue weighted by molar-refractivity contribution is 5.97. The zero-order valence-electron chi connectivity index (χ0n) is 12.1. The van der Waals surface area contributed by atoms with Crippen LogP contribution in [0.1, 0.15) is 27.5 Å². The van der Waals surface area contributed by atoms with E-state index in [1.807, 2.05) is 0 Å². The monoisotopic (exact) mass is 340 g/mol. The number of primary amides is 1. The van der Waals surface area contributed by atoms with Gasteiger partial charge in [0.15, 0.2) is 0 Å². The summed E-state index contributed by atoms with van der Waals surface area (Å²) in [6.07, 6.45) is -4.94. The number of nitrogens with one attached hydrogen (secondary N) is 1. The van der Waals surface area contributed by atoms with Crippen LogP contribution in [-0.4, -0.2) is 11.8 Å².